The number of nitrogens with zero attached hydrogens (tertiary/aromatic N) is 4. The van der Waals surface area contributed by atoms with Crippen molar-refractivity contribution in [3.05, 3.63) is 35.7 Å². The molecule has 0 aliphatic rings. The van der Waals surface area contributed by atoms with Crippen LogP contribution in [0.25, 0.3) is 0 Å². The number of benzene rings is 1. The van der Waals surface area contributed by atoms with Crippen LogP contribution in [-0.2, 0) is 12.6 Å². The standard InChI is InChI=1S/C15H18F3N5S/c1-23(9-3-4-10-5-7-11(24-2)8-6-10)14-21-12(15(16,17)18)20-13(19)22-14/h5-8H,3-4,9H2,1-2H3,(H2,19,20,21,22). The lowest BCUT2D eigenvalue weighted by atomic mass is 10.1. The summed E-state index contributed by atoms with van der Waals surface area (Å²) in [5, 5.41) is 0. The Morgan fingerprint density at radius 3 is 2.38 bits per heavy atom. The second-order valence-electron chi connectivity index (χ2n) is 5.19. The second kappa shape index (κ2) is 7.69. The van der Waals surface area contributed by atoms with E-state index in [4.69, 9.17) is 5.73 Å². The van der Waals surface area contributed by atoms with Gasteiger partial charge in [-0.15, -0.1) is 11.8 Å². The molecule has 9 heteroatoms. The highest BCUT2D eigenvalue weighted by Gasteiger charge is 2.36. The summed E-state index contributed by atoms with van der Waals surface area (Å²) in [6.45, 7) is 0.505. The van der Waals surface area contributed by atoms with Crippen LogP contribution in [0.5, 0.6) is 0 Å². The highest BCUT2D eigenvalue weighted by atomic mass is 32.2. The Balaban J connectivity index is 1.96. The van der Waals surface area contributed by atoms with Crippen LogP contribution in [0.1, 0.15) is 17.8 Å². The van der Waals surface area contributed by atoms with Gasteiger partial charge in [0.1, 0.15) is 0 Å². The fourth-order valence-electron chi connectivity index (χ4n) is 2.09. The van der Waals surface area contributed by atoms with E-state index in [0.717, 1.165) is 12.8 Å². The number of hydrogen-bond donors (Lipinski definition) is 1. The monoisotopic (exact) mass is 357 g/mol. The molecule has 1 aromatic heterocycles. The summed E-state index contributed by atoms with van der Waals surface area (Å²) >= 11 is 1.67. The minimum absolute atomic E-state index is 0.0763. The average molecular weight is 357 g/mol. The summed E-state index contributed by atoms with van der Waals surface area (Å²) in [5.74, 6) is -1.79. The van der Waals surface area contributed by atoms with Crippen LogP contribution < -0.4 is 10.6 Å². The Labute approximate surface area is 142 Å². The predicted octanol–water partition coefficient (Wildman–Crippen LogP) is 3.26. The molecule has 24 heavy (non-hydrogen) atoms. The Hall–Kier alpha value is -2.03. The molecule has 0 saturated carbocycles. The van der Waals surface area contributed by atoms with Gasteiger partial charge in [-0.3, -0.25) is 0 Å². The van der Waals surface area contributed by atoms with E-state index in [1.807, 2.05) is 18.4 Å². The molecule has 5 nitrogen and oxygen atoms in total. The van der Waals surface area contributed by atoms with Crippen LogP contribution in [0.15, 0.2) is 29.2 Å². The van der Waals surface area contributed by atoms with Gasteiger partial charge in [0, 0.05) is 18.5 Å². The van der Waals surface area contributed by atoms with Crippen molar-refractivity contribution in [2.45, 2.75) is 23.9 Å². The lowest BCUT2D eigenvalue weighted by Crippen LogP contribution is -2.24. The molecule has 0 amide bonds. The first-order valence-corrected chi connectivity index (χ1v) is 8.45. The number of aromatic nitrogens is 3. The topological polar surface area (TPSA) is 67.9 Å². The van der Waals surface area contributed by atoms with Gasteiger partial charge < -0.3 is 10.6 Å². The maximum atomic E-state index is 12.7. The van der Waals surface area contributed by atoms with E-state index in [1.54, 1.807) is 23.7 Å². The molecule has 0 radical (unpaired) electrons. The highest BCUT2D eigenvalue weighted by Crippen LogP contribution is 2.27. The van der Waals surface area contributed by atoms with E-state index < -0.39 is 17.9 Å². The summed E-state index contributed by atoms with van der Waals surface area (Å²) < 4.78 is 38.2. The first-order valence-electron chi connectivity index (χ1n) is 7.22. The van der Waals surface area contributed by atoms with Crippen molar-refractivity contribution in [1.82, 2.24) is 15.0 Å². The smallest absolute Gasteiger partial charge is 0.368 e. The van der Waals surface area contributed by atoms with Crippen LogP contribution >= 0.6 is 11.8 Å². The first-order chi connectivity index (χ1) is 11.3. The largest absolute Gasteiger partial charge is 0.451 e. The minimum Gasteiger partial charge on any atom is -0.368 e. The van der Waals surface area contributed by atoms with Gasteiger partial charge in [0.15, 0.2) is 0 Å². The molecule has 0 bridgehead atoms. The Morgan fingerprint density at radius 1 is 1.12 bits per heavy atom. The number of hydrogen-bond acceptors (Lipinski definition) is 6. The number of nitrogens with two attached hydrogens (primary N) is 1. The molecular formula is C15H18F3N5S. The van der Waals surface area contributed by atoms with Crippen LogP contribution in [0.3, 0.4) is 0 Å². The molecule has 0 unspecified atom stereocenters. The molecule has 1 heterocycles. The van der Waals surface area contributed by atoms with Gasteiger partial charge in [0.2, 0.25) is 17.7 Å². The molecule has 0 atom stereocenters. The van der Waals surface area contributed by atoms with Crippen LogP contribution in [0, 0.1) is 0 Å². The van der Waals surface area contributed by atoms with E-state index in [9.17, 15) is 13.2 Å². The molecule has 0 spiro atoms. The van der Waals surface area contributed by atoms with Crippen molar-refractivity contribution in [2.75, 3.05) is 30.5 Å². The van der Waals surface area contributed by atoms with Crippen molar-refractivity contribution in [1.29, 1.82) is 0 Å². The van der Waals surface area contributed by atoms with Gasteiger partial charge in [0.05, 0.1) is 0 Å². The van der Waals surface area contributed by atoms with Gasteiger partial charge in [-0.2, -0.15) is 28.1 Å². The molecule has 0 aliphatic heterocycles. The van der Waals surface area contributed by atoms with E-state index >= 15 is 0 Å². The van der Waals surface area contributed by atoms with Crippen molar-refractivity contribution >= 4 is 23.7 Å². The average Bonchev–Trinajstić information content (AvgIpc) is 2.54. The van der Waals surface area contributed by atoms with Gasteiger partial charge >= 0.3 is 6.18 Å². The Morgan fingerprint density at radius 2 is 1.79 bits per heavy atom. The molecule has 130 valence electrons. The van der Waals surface area contributed by atoms with Gasteiger partial charge in [0.25, 0.3) is 0 Å². The number of rotatable bonds is 6. The third kappa shape index (κ3) is 4.98. The first kappa shape index (κ1) is 18.3. The van der Waals surface area contributed by atoms with Crippen LogP contribution in [0.4, 0.5) is 25.1 Å². The number of alkyl halides is 3. The van der Waals surface area contributed by atoms with Gasteiger partial charge in [-0.1, -0.05) is 12.1 Å². The Kier molecular flexibility index (Phi) is 5.87. The summed E-state index contributed by atoms with van der Waals surface area (Å²) in [6, 6.07) is 8.20. The molecule has 0 fully saturated rings. The fraction of sp³-hybridized carbons (Fsp3) is 0.400. The second-order valence-corrected chi connectivity index (χ2v) is 6.07. The SMILES string of the molecule is CSc1ccc(CCCN(C)c2nc(N)nc(C(F)(F)F)n2)cc1. The van der Waals surface area contributed by atoms with E-state index in [0.29, 0.717) is 6.54 Å². The minimum atomic E-state index is -4.65. The normalized spacial score (nSPS) is 11.5. The summed E-state index contributed by atoms with van der Waals surface area (Å²) in [4.78, 5) is 13.1. The van der Waals surface area contributed by atoms with Gasteiger partial charge in [-0.05, 0) is 36.8 Å². The molecule has 0 saturated heterocycles. The van der Waals surface area contributed by atoms with Gasteiger partial charge in [-0.25, -0.2) is 0 Å². The number of nitrogen functional groups attached to an aromatic ring is 1. The van der Waals surface area contributed by atoms with Crippen molar-refractivity contribution in [2.24, 2.45) is 0 Å². The van der Waals surface area contributed by atoms with Crippen LogP contribution in [-0.4, -0.2) is 34.8 Å². The lowest BCUT2D eigenvalue weighted by molar-refractivity contribution is -0.144. The third-order valence-electron chi connectivity index (χ3n) is 3.35. The zero-order valence-electron chi connectivity index (χ0n) is 13.3. The summed E-state index contributed by atoms with van der Waals surface area (Å²) in [6.07, 6.45) is -1.07. The summed E-state index contributed by atoms with van der Waals surface area (Å²) in [5.41, 5.74) is 6.52. The van der Waals surface area contributed by atoms with Crippen LogP contribution in [0.2, 0.25) is 0 Å². The number of thioether (sulfide) groups is 1. The fourth-order valence-corrected chi connectivity index (χ4v) is 2.50. The van der Waals surface area contributed by atoms with Crippen molar-refractivity contribution < 1.29 is 13.2 Å². The summed E-state index contributed by atoms with van der Waals surface area (Å²) in [7, 11) is 1.63. The molecule has 2 N–H and O–H groups in total. The molecule has 2 aromatic rings. The lowest BCUT2D eigenvalue weighted by Gasteiger charge is -2.18. The zero-order chi connectivity index (χ0) is 17.7. The Bertz CT molecular complexity index is 676. The molecular weight excluding hydrogens is 339 g/mol. The number of anilines is 2. The molecule has 1 aromatic carbocycles. The maximum absolute atomic E-state index is 12.7. The molecule has 0 aliphatic carbocycles. The molecule has 2 rings (SSSR count). The zero-order valence-corrected chi connectivity index (χ0v) is 14.2. The van der Waals surface area contributed by atoms with Crippen molar-refractivity contribution in [3.8, 4) is 0 Å². The number of aryl methyl sites for hydroxylation is 1. The maximum Gasteiger partial charge on any atom is 0.451 e. The van der Waals surface area contributed by atoms with E-state index in [1.165, 1.54) is 10.5 Å². The highest BCUT2D eigenvalue weighted by molar-refractivity contribution is 7.98. The third-order valence-corrected chi connectivity index (χ3v) is 4.10. The van der Waals surface area contributed by atoms with Crippen molar-refractivity contribution in [3.63, 3.8) is 0 Å². The van der Waals surface area contributed by atoms with E-state index in [2.05, 4.69) is 27.1 Å². The quantitative estimate of drug-likeness (QED) is 0.801. The predicted molar refractivity (Wildman–Crippen MR) is 89.1 cm³/mol. The van der Waals surface area contributed by atoms with E-state index in [-0.39, 0.29) is 5.95 Å². The number of halogens is 3.